The molecule has 0 aliphatic heterocycles. The van der Waals surface area contributed by atoms with Crippen LogP contribution in [0.2, 0.25) is 0 Å². The van der Waals surface area contributed by atoms with E-state index in [0.29, 0.717) is 33.7 Å². The van der Waals surface area contributed by atoms with Gasteiger partial charge < -0.3 is 28.8 Å². The average molecular weight is 984 g/mol. The summed E-state index contributed by atoms with van der Waals surface area (Å²) in [4.78, 5) is 0. The molecule has 4 aliphatic carbocycles. The Hall–Kier alpha value is -0.240. The fraction of sp³-hybridized carbons (Fsp3) is 1.00. The number of ether oxygens (including phenoxy) is 5. The lowest BCUT2D eigenvalue weighted by Gasteiger charge is -2.49. The lowest BCUT2D eigenvalue weighted by molar-refractivity contribution is -0.185. The van der Waals surface area contributed by atoms with Crippen molar-refractivity contribution in [2.45, 2.75) is 338 Å². The molecule has 0 amide bonds. The maximum Gasteiger partial charge on any atom is 0.0696 e. The van der Waals surface area contributed by atoms with Gasteiger partial charge in [0.2, 0.25) is 0 Å². The molecule has 6 heteroatoms. The van der Waals surface area contributed by atoms with Crippen molar-refractivity contribution in [1.29, 1.82) is 0 Å². The van der Waals surface area contributed by atoms with E-state index >= 15 is 0 Å². The van der Waals surface area contributed by atoms with E-state index in [-0.39, 0.29) is 64.1 Å². The van der Waals surface area contributed by atoms with E-state index in [9.17, 15) is 5.11 Å². The fourth-order valence-corrected chi connectivity index (χ4v) is 9.57. The second-order valence-corrected chi connectivity index (χ2v) is 32.9. The first-order valence-corrected chi connectivity index (χ1v) is 27.6. The van der Waals surface area contributed by atoms with Gasteiger partial charge in [-0.25, -0.2) is 0 Å². The maximum atomic E-state index is 9.66. The summed E-state index contributed by atoms with van der Waals surface area (Å²) in [6.07, 6.45) is 13.9. The van der Waals surface area contributed by atoms with Gasteiger partial charge in [-0.3, -0.25) is 0 Å². The van der Waals surface area contributed by atoms with E-state index in [2.05, 4.69) is 187 Å². The monoisotopic (exact) mass is 983 g/mol. The van der Waals surface area contributed by atoms with Gasteiger partial charge in [-0.05, 0) is 226 Å². The van der Waals surface area contributed by atoms with Crippen LogP contribution >= 0.6 is 0 Å². The Labute approximate surface area is 435 Å². The molecule has 0 aromatic carbocycles. The summed E-state index contributed by atoms with van der Waals surface area (Å²) in [5.74, 6) is 1.85. The summed E-state index contributed by atoms with van der Waals surface area (Å²) in [7, 11) is 0. The predicted octanol–water partition coefficient (Wildman–Crippen LogP) is 18.9. The Bertz CT molecular complexity index is 1320. The van der Waals surface area contributed by atoms with Crippen molar-refractivity contribution in [2.24, 2.45) is 50.2 Å². The number of aliphatic hydroxyl groups is 1. The summed E-state index contributed by atoms with van der Waals surface area (Å²) < 4.78 is 29.9. The molecule has 0 spiro atoms. The maximum absolute atomic E-state index is 9.66. The molecule has 0 radical (unpaired) electrons. The summed E-state index contributed by atoms with van der Waals surface area (Å²) in [5, 5.41) is 9.66. The van der Waals surface area contributed by atoms with Gasteiger partial charge in [0.05, 0.1) is 65.1 Å². The van der Waals surface area contributed by atoms with Gasteiger partial charge in [0.15, 0.2) is 0 Å². The zero-order valence-corrected chi connectivity index (χ0v) is 52.2. The highest BCUT2D eigenvalue weighted by molar-refractivity contribution is 5.02. The number of aliphatic hydroxyl groups excluding tert-OH is 1. The Morgan fingerprint density at radius 1 is 0.449 bits per heavy atom. The molecular weight excluding hydrogens is 853 g/mol. The topological polar surface area (TPSA) is 66.4 Å². The largest absolute Gasteiger partial charge is 0.393 e. The van der Waals surface area contributed by atoms with Gasteiger partial charge in [-0.1, -0.05) is 111 Å². The minimum Gasteiger partial charge on any atom is -0.393 e. The van der Waals surface area contributed by atoms with Crippen LogP contribution in [0, 0.1) is 50.2 Å². The van der Waals surface area contributed by atoms with Crippen molar-refractivity contribution in [2.75, 3.05) is 19.8 Å². The van der Waals surface area contributed by atoms with Crippen LogP contribution in [0.1, 0.15) is 293 Å². The number of hydrogen-bond acceptors (Lipinski definition) is 6. The number of rotatable bonds is 12. The van der Waals surface area contributed by atoms with E-state index in [0.717, 1.165) is 25.0 Å². The predicted molar refractivity (Wildman–Crippen MR) is 304 cm³/mol. The molecular formula is C63H130O6. The van der Waals surface area contributed by atoms with Crippen molar-refractivity contribution >= 4 is 0 Å². The summed E-state index contributed by atoms with van der Waals surface area (Å²) in [5.41, 5.74) is 2.45. The Kier molecular flexibility index (Phi) is 26.2. The third-order valence-corrected chi connectivity index (χ3v) is 13.4. The first kappa shape index (κ1) is 70.8. The summed E-state index contributed by atoms with van der Waals surface area (Å²) >= 11 is 0. The van der Waals surface area contributed by atoms with Gasteiger partial charge in [-0.15, -0.1) is 0 Å². The first-order valence-electron chi connectivity index (χ1n) is 27.6. The minimum absolute atomic E-state index is 0. The van der Waals surface area contributed by atoms with Crippen LogP contribution in [-0.2, 0) is 23.7 Å². The molecule has 6 nitrogen and oxygen atoms in total. The molecule has 3 atom stereocenters. The van der Waals surface area contributed by atoms with Gasteiger partial charge in [0.25, 0.3) is 0 Å². The van der Waals surface area contributed by atoms with Crippen molar-refractivity contribution < 1.29 is 28.8 Å². The molecule has 69 heavy (non-hydrogen) atoms. The van der Waals surface area contributed by atoms with Crippen molar-refractivity contribution in [3.63, 3.8) is 0 Å². The summed E-state index contributed by atoms with van der Waals surface area (Å²) in [6.45, 7) is 70.3. The molecule has 0 saturated heterocycles. The summed E-state index contributed by atoms with van der Waals surface area (Å²) in [6, 6.07) is 0. The smallest absolute Gasteiger partial charge is 0.0696 e. The van der Waals surface area contributed by atoms with E-state index in [4.69, 9.17) is 23.7 Å². The van der Waals surface area contributed by atoms with Gasteiger partial charge in [0.1, 0.15) is 0 Å². The lowest BCUT2D eigenvalue weighted by atomic mass is 9.70. The zero-order valence-electron chi connectivity index (χ0n) is 52.2. The Morgan fingerprint density at radius 2 is 0.797 bits per heavy atom. The van der Waals surface area contributed by atoms with E-state index in [1.807, 2.05) is 27.7 Å². The third-order valence-electron chi connectivity index (χ3n) is 13.4. The minimum atomic E-state index is -0.322. The van der Waals surface area contributed by atoms with Crippen LogP contribution < -0.4 is 0 Å². The lowest BCUT2D eigenvalue weighted by Crippen LogP contribution is -2.47. The van der Waals surface area contributed by atoms with E-state index < -0.39 is 0 Å². The van der Waals surface area contributed by atoms with Gasteiger partial charge >= 0.3 is 0 Å². The van der Waals surface area contributed by atoms with Crippen molar-refractivity contribution in [3.05, 3.63) is 0 Å². The highest BCUT2D eigenvalue weighted by atomic mass is 16.5. The van der Waals surface area contributed by atoms with Crippen LogP contribution in [0.15, 0.2) is 0 Å². The van der Waals surface area contributed by atoms with E-state index in [1.54, 1.807) is 0 Å². The standard InChI is InChI=1S/2C13H26O.C12H26O2.2C12H24O.CH4/c1-12(2,3)11(10-7-8-10)9-14-13(4,5)6;1-11(2,3)10-13(8-7-9-13)14-12(4,5)6;1-9(13)10(11(2,3)4)8-14-12(5,6)7;1-10(2,3)12(7-8-12)9-13-11(4,5)6;1-10(2,3)9-12(7-8-12)13-11(4,5)6;/h10-11H,7-9H2,1-6H3;7-10H2,1-6H3;9-10,13H,8H2,1-7H3;2*7-9H2,1-6H3;1H4. The second-order valence-electron chi connectivity index (χ2n) is 32.9. The Morgan fingerprint density at radius 3 is 1.00 bits per heavy atom. The van der Waals surface area contributed by atoms with Crippen LogP contribution in [0.4, 0.5) is 0 Å². The molecule has 0 aromatic heterocycles. The van der Waals surface area contributed by atoms with Crippen LogP contribution in [0.5, 0.6) is 0 Å². The third kappa shape index (κ3) is 34.1. The molecule has 4 rings (SSSR count). The second kappa shape index (κ2) is 25.5. The average Bonchev–Trinajstić information content (AvgIpc) is 3.87. The fourth-order valence-electron chi connectivity index (χ4n) is 9.57. The zero-order chi connectivity index (χ0) is 54.2. The molecule has 0 bridgehead atoms. The molecule has 3 unspecified atom stereocenters. The van der Waals surface area contributed by atoms with Crippen molar-refractivity contribution in [3.8, 4) is 0 Å². The quantitative estimate of drug-likeness (QED) is 0.210. The molecule has 4 saturated carbocycles. The molecule has 4 aliphatic rings. The Balaban J connectivity index is 0. The van der Waals surface area contributed by atoms with Gasteiger partial charge in [-0.2, -0.15) is 0 Å². The van der Waals surface area contributed by atoms with Crippen molar-refractivity contribution in [1.82, 2.24) is 0 Å². The van der Waals surface area contributed by atoms with E-state index in [1.165, 1.54) is 70.6 Å². The van der Waals surface area contributed by atoms with Gasteiger partial charge in [0, 0.05) is 5.92 Å². The van der Waals surface area contributed by atoms with Crippen LogP contribution in [0.3, 0.4) is 0 Å². The number of hydrogen-bond donors (Lipinski definition) is 1. The molecule has 0 heterocycles. The van der Waals surface area contributed by atoms with Crippen LogP contribution in [-0.4, -0.2) is 70.2 Å². The SMILES string of the molecule is C.CC(C)(C)CC1(OC(C)(C)C)CC1.CC(C)(C)CC1(OC(C)(C)C)CCC1.CC(C)(C)OCC(C1CC1)C(C)(C)C.CC(C)(C)OCC1(C(C)(C)C)CC1.CC(O)C(COC(C)(C)C)C(C)(C)C. The molecule has 1 N–H and O–H groups in total. The molecule has 0 aromatic rings. The normalized spacial score (nSPS) is 20.5. The first-order chi connectivity index (χ1) is 29.6. The highest BCUT2D eigenvalue weighted by Crippen LogP contribution is 2.59. The molecule has 4 fully saturated rings. The molecule has 418 valence electrons. The van der Waals surface area contributed by atoms with Crippen LogP contribution in [0.25, 0.3) is 0 Å². The highest BCUT2D eigenvalue weighted by Gasteiger charge is 2.52.